The number of benzene rings is 1. The van der Waals surface area contributed by atoms with E-state index in [-0.39, 0.29) is 0 Å². The van der Waals surface area contributed by atoms with Crippen molar-refractivity contribution >= 4 is 5.78 Å². The Bertz CT molecular complexity index is 377. The van der Waals surface area contributed by atoms with E-state index < -0.39 is 17.4 Å². The van der Waals surface area contributed by atoms with E-state index in [1.165, 1.54) is 0 Å². The molecule has 0 saturated heterocycles. The number of rotatable bonds is 2. The third-order valence-corrected chi connectivity index (χ3v) is 2.77. The molecular weight excluding hydrogens is 205 g/mol. The summed E-state index contributed by atoms with van der Waals surface area (Å²) in [5.41, 5.74) is -0.799. The van der Waals surface area contributed by atoms with Crippen molar-refractivity contribution in [2.75, 3.05) is 0 Å². The van der Waals surface area contributed by atoms with E-state index in [4.69, 9.17) is 0 Å². The standard InChI is InChI=1S/C11H9F3O/c12-11(13,14)9(15)10(6-7-10)8-4-2-1-3-5-8/h1-5H,6-7H2. The Morgan fingerprint density at radius 1 is 1.13 bits per heavy atom. The van der Waals surface area contributed by atoms with Crippen molar-refractivity contribution in [3.05, 3.63) is 35.9 Å². The van der Waals surface area contributed by atoms with Crippen LogP contribution in [0, 0.1) is 0 Å². The number of ketones is 1. The van der Waals surface area contributed by atoms with Gasteiger partial charge in [0.1, 0.15) is 0 Å². The molecule has 1 aromatic rings. The minimum atomic E-state index is -4.73. The molecule has 1 aliphatic rings. The van der Waals surface area contributed by atoms with Crippen LogP contribution in [0.15, 0.2) is 30.3 Å². The Labute approximate surface area is 84.9 Å². The second-order valence-corrected chi connectivity index (χ2v) is 3.78. The molecule has 4 heteroatoms. The highest BCUT2D eigenvalue weighted by atomic mass is 19.4. The maximum atomic E-state index is 12.3. The maximum absolute atomic E-state index is 12.3. The SMILES string of the molecule is O=C(C(F)(F)F)C1(c2ccccc2)CC1. The van der Waals surface area contributed by atoms with Gasteiger partial charge in [-0.25, -0.2) is 0 Å². The summed E-state index contributed by atoms with van der Waals surface area (Å²) in [7, 11) is 0. The minimum Gasteiger partial charge on any atom is -0.289 e. The monoisotopic (exact) mass is 214 g/mol. The number of halogens is 3. The molecule has 0 aromatic heterocycles. The van der Waals surface area contributed by atoms with E-state index in [0.717, 1.165) is 0 Å². The van der Waals surface area contributed by atoms with Gasteiger partial charge in [0.15, 0.2) is 0 Å². The first-order valence-corrected chi connectivity index (χ1v) is 4.64. The third kappa shape index (κ3) is 1.64. The van der Waals surface area contributed by atoms with Crippen LogP contribution in [0.25, 0.3) is 0 Å². The molecule has 80 valence electrons. The van der Waals surface area contributed by atoms with Crippen LogP contribution in [0.1, 0.15) is 18.4 Å². The lowest BCUT2D eigenvalue weighted by Gasteiger charge is -2.15. The highest BCUT2D eigenvalue weighted by Crippen LogP contribution is 2.51. The fourth-order valence-electron chi connectivity index (χ4n) is 1.80. The van der Waals surface area contributed by atoms with Gasteiger partial charge in [0.25, 0.3) is 0 Å². The third-order valence-electron chi connectivity index (χ3n) is 2.77. The Morgan fingerprint density at radius 3 is 2.07 bits per heavy atom. The fourth-order valence-corrected chi connectivity index (χ4v) is 1.80. The largest absolute Gasteiger partial charge is 0.450 e. The molecule has 1 aromatic carbocycles. The number of carbonyl (C=O) groups excluding carboxylic acids is 1. The second kappa shape index (κ2) is 3.08. The summed E-state index contributed by atoms with van der Waals surface area (Å²) in [5.74, 6) is -1.61. The van der Waals surface area contributed by atoms with Crippen LogP contribution < -0.4 is 0 Å². The van der Waals surface area contributed by atoms with Crippen LogP contribution in [0.3, 0.4) is 0 Å². The molecule has 0 amide bonds. The minimum absolute atomic E-state index is 0.301. The van der Waals surface area contributed by atoms with Gasteiger partial charge < -0.3 is 0 Å². The fraction of sp³-hybridized carbons (Fsp3) is 0.364. The van der Waals surface area contributed by atoms with Gasteiger partial charge in [0.05, 0.1) is 5.41 Å². The zero-order valence-electron chi connectivity index (χ0n) is 7.84. The first-order valence-electron chi connectivity index (χ1n) is 4.64. The first kappa shape index (κ1) is 10.2. The van der Waals surface area contributed by atoms with E-state index in [0.29, 0.717) is 18.4 Å². The van der Waals surface area contributed by atoms with Crippen molar-refractivity contribution in [1.82, 2.24) is 0 Å². The molecule has 0 N–H and O–H groups in total. The molecule has 2 rings (SSSR count). The van der Waals surface area contributed by atoms with Gasteiger partial charge in [-0.05, 0) is 18.4 Å². The van der Waals surface area contributed by atoms with Gasteiger partial charge in [0.2, 0.25) is 5.78 Å². The molecule has 0 atom stereocenters. The zero-order valence-corrected chi connectivity index (χ0v) is 7.84. The van der Waals surface area contributed by atoms with E-state index in [1.807, 2.05) is 0 Å². The Morgan fingerprint density at radius 2 is 1.67 bits per heavy atom. The van der Waals surface area contributed by atoms with Crippen molar-refractivity contribution in [3.63, 3.8) is 0 Å². The van der Waals surface area contributed by atoms with Crippen LogP contribution in [-0.2, 0) is 10.2 Å². The summed E-state index contributed by atoms with van der Waals surface area (Å²) in [4.78, 5) is 11.2. The average Bonchev–Trinajstić information content (AvgIpc) is 2.97. The summed E-state index contributed by atoms with van der Waals surface area (Å²) >= 11 is 0. The predicted molar refractivity (Wildman–Crippen MR) is 48.4 cm³/mol. The number of hydrogen-bond donors (Lipinski definition) is 0. The molecule has 0 heterocycles. The summed E-state index contributed by atoms with van der Waals surface area (Å²) in [6, 6.07) is 8.18. The summed E-state index contributed by atoms with van der Waals surface area (Å²) < 4.78 is 37.0. The van der Waals surface area contributed by atoms with Crippen LogP contribution in [0.4, 0.5) is 13.2 Å². The predicted octanol–water partition coefficient (Wildman–Crippen LogP) is 2.85. The smallest absolute Gasteiger partial charge is 0.289 e. The number of hydrogen-bond acceptors (Lipinski definition) is 1. The van der Waals surface area contributed by atoms with E-state index in [1.54, 1.807) is 30.3 Å². The number of Topliss-reactive ketones (excluding diaryl/α,β-unsaturated/α-hetero) is 1. The lowest BCUT2D eigenvalue weighted by atomic mass is 9.91. The summed E-state index contributed by atoms with van der Waals surface area (Å²) in [6.45, 7) is 0. The van der Waals surface area contributed by atoms with E-state index in [9.17, 15) is 18.0 Å². The molecule has 1 nitrogen and oxygen atoms in total. The van der Waals surface area contributed by atoms with Crippen molar-refractivity contribution in [2.24, 2.45) is 0 Å². The summed E-state index contributed by atoms with van der Waals surface area (Å²) in [5, 5.41) is 0. The van der Waals surface area contributed by atoms with Gasteiger partial charge in [-0.1, -0.05) is 30.3 Å². The van der Waals surface area contributed by atoms with Gasteiger partial charge in [-0.15, -0.1) is 0 Å². The van der Waals surface area contributed by atoms with Crippen LogP contribution in [-0.4, -0.2) is 12.0 Å². The molecule has 1 fully saturated rings. The molecule has 0 unspecified atom stereocenters. The topological polar surface area (TPSA) is 17.1 Å². The molecule has 0 radical (unpaired) electrons. The van der Waals surface area contributed by atoms with Gasteiger partial charge >= 0.3 is 6.18 Å². The van der Waals surface area contributed by atoms with Crippen molar-refractivity contribution in [1.29, 1.82) is 0 Å². The van der Waals surface area contributed by atoms with Crippen LogP contribution in [0.2, 0.25) is 0 Å². The van der Waals surface area contributed by atoms with Gasteiger partial charge in [-0.3, -0.25) is 4.79 Å². The highest BCUT2D eigenvalue weighted by Gasteiger charge is 2.60. The van der Waals surface area contributed by atoms with Crippen molar-refractivity contribution in [3.8, 4) is 0 Å². The normalized spacial score (nSPS) is 18.6. The maximum Gasteiger partial charge on any atom is 0.450 e. The first-order chi connectivity index (χ1) is 6.97. The van der Waals surface area contributed by atoms with Crippen LogP contribution >= 0.6 is 0 Å². The van der Waals surface area contributed by atoms with E-state index in [2.05, 4.69) is 0 Å². The molecule has 15 heavy (non-hydrogen) atoms. The van der Waals surface area contributed by atoms with Gasteiger partial charge in [0, 0.05) is 0 Å². The molecule has 1 saturated carbocycles. The number of carbonyl (C=O) groups is 1. The molecular formula is C11H9F3O. The summed E-state index contributed by atoms with van der Waals surface area (Å²) in [6.07, 6.45) is -4.13. The molecule has 0 bridgehead atoms. The van der Waals surface area contributed by atoms with Crippen molar-refractivity contribution < 1.29 is 18.0 Å². The average molecular weight is 214 g/mol. The lowest BCUT2D eigenvalue weighted by Crippen LogP contribution is -2.34. The molecule has 0 aliphatic heterocycles. The number of alkyl halides is 3. The Kier molecular flexibility index (Phi) is 2.10. The Balaban J connectivity index is 2.34. The van der Waals surface area contributed by atoms with Crippen LogP contribution in [0.5, 0.6) is 0 Å². The highest BCUT2D eigenvalue weighted by molar-refractivity contribution is 5.97. The zero-order chi connectivity index (χ0) is 11.1. The second-order valence-electron chi connectivity index (χ2n) is 3.78. The Hall–Kier alpha value is -1.32. The lowest BCUT2D eigenvalue weighted by molar-refractivity contribution is -0.174. The van der Waals surface area contributed by atoms with Crippen molar-refractivity contribution in [2.45, 2.75) is 24.4 Å². The molecule has 0 spiro atoms. The van der Waals surface area contributed by atoms with Gasteiger partial charge in [-0.2, -0.15) is 13.2 Å². The van der Waals surface area contributed by atoms with E-state index >= 15 is 0 Å². The quantitative estimate of drug-likeness (QED) is 0.739. The molecule has 1 aliphatic carbocycles.